The van der Waals surface area contributed by atoms with E-state index in [4.69, 9.17) is 11.6 Å². The van der Waals surface area contributed by atoms with Crippen LogP contribution >= 0.6 is 0 Å². The molecule has 21 heavy (non-hydrogen) atoms. The minimum atomic E-state index is 0.467. The van der Waals surface area contributed by atoms with Gasteiger partial charge in [0, 0.05) is 11.1 Å². The number of fused-ring (bicyclic) bond motifs is 2. The molecule has 2 aromatic rings. The van der Waals surface area contributed by atoms with E-state index in [1.807, 2.05) is 48.5 Å². The summed E-state index contributed by atoms with van der Waals surface area (Å²) in [5.74, 6) is 5.68. The van der Waals surface area contributed by atoms with Crippen LogP contribution in [0.5, 0.6) is 0 Å². The van der Waals surface area contributed by atoms with Crippen molar-refractivity contribution in [1.29, 1.82) is 0 Å². The van der Waals surface area contributed by atoms with Crippen molar-refractivity contribution >= 4 is 23.5 Å². The van der Waals surface area contributed by atoms with E-state index in [1.165, 1.54) is 0 Å². The molecule has 1 aliphatic rings. The van der Waals surface area contributed by atoms with Crippen LogP contribution in [-0.4, -0.2) is 6.41 Å². The van der Waals surface area contributed by atoms with E-state index in [0.717, 1.165) is 28.8 Å². The number of amides is 1. The number of anilines is 1. The molecular formula is C16H16N4O. The molecule has 106 valence electrons. The van der Waals surface area contributed by atoms with Crippen molar-refractivity contribution in [1.82, 2.24) is 5.43 Å². The number of carbonyl (C=O) groups excluding carboxylic acids is 1. The Hall–Kier alpha value is -2.79. The maximum Gasteiger partial charge on any atom is 0.214 e. The molecule has 0 fully saturated rings. The van der Waals surface area contributed by atoms with Gasteiger partial charge in [-0.05, 0) is 11.6 Å². The van der Waals surface area contributed by atoms with Crippen molar-refractivity contribution in [3.05, 3.63) is 65.2 Å². The van der Waals surface area contributed by atoms with E-state index in [-0.39, 0.29) is 0 Å². The molecule has 0 aliphatic carbocycles. The lowest BCUT2D eigenvalue weighted by atomic mass is 9.97. The summed E-state index contributed by atoms with van der Waals surface area (Å²) < 4.78 is 0. The second-order valence-electron chi connectivity index (χ2n) is 4.84. The van der Waals surface area contributed by atoms with Crippen LogP contribution in [0, 0.1) is 0 Å². The molecule has 3 rings (SSSR count). The molecule has 0 spiro atoms. The molecule has 0 atom stereocenters. The zero-order valence-electron chi connectivity index (χ0n) is 11.4. The number of para-hydroxylation sites is 1. The molecule has 0 unspecified atom stereocenters. The average molecular weight is 280 g/mol. The highest BCUT2D eigenvalue weighted by Gasteiger charge is 2.21. The van der Waals surface area contributed by atoms with E-state index in [1.54, 1.807) is 4.90 Å². The highest BCUT2D eigenvalue weighted by Crippen LogP contribution is 2.33. The molecule has 5 nitrogen and oxygen atoms in total. The smallest absolute Gasteiger partial charge is 0.214 e. The molecule has 5 heteroatoms. The van der Waals surface area contributed by atoms with Crippen LogP contribution in [0.2, 0.25) is 0 Å². The maximum atomic E-state index is 11.5. The molecule has 0 saturated heterocycles. The first-order chi connectivity index (χ1) is 10.3. The molecule has 2 aromatic carbocycles. The van der Waals surface area contributed by atoms with Gasteiger partial charge in [-0.1, -0.05) is 42.5 Å². The Morgan fingerprint density at radius 3 is 2.43 bits per heavy atom. The van der Waals surface area contributed by atoms with Gasteiger partial charge < -0.3 is 16.1 Å². The Balaban J connectivity index is 2.34. The minimum absolute atomic E-state index is 0.467. The van der Waals surface area contributed by atoms with Gasteiger partial charge in [0.2, 0.25) is 6.41 Å². The Morgan fingerprint density at radius 2 is 1.71 bits per heavy atom. The van der Waals surface area contributed by atoms with Gasteiger partial charge in [-0.2, -0.15) is 0 Å². The number of hydrogen-bond acceptors (Lipinski definition) is 4. The van der Waals surface area contributed by atoms with Crippen molar-refractivity contribution in [2.45, 2.75) is 6.54 Å². The van der Waals surface area contributed by atoms with Gasteiger partial charge in [0.1, 0.15) is 0 Å². The lowest BCUT2D eigenvalue weighted by Gasteiger charge is -2.27. The molecule has 0 aromatic heterocycles. The van der Waals surface area contributed by atoms with Crippen molar-refractivity contribution in [3.8, 4) is 0 Å². The second kappa shape index (κ2) is 5.30. The van der Waals surface area contributed by atoms with E-state index in [2.05, 4.69) is 5.43 Å². The van der Waals surface area contributed by atoms with Crippen LogP contribution in [0.3, 0.4) is 0 Å². The number of nitrogens with zero attached hydrogens (tertiary/aromatic N) is 1. The fraction of sp³-hybridized carbons (Fsp3) is 0.0625. The van der Waals surface area contributed by atoms with Crippen molar-refractivity contribution in [2.75, 3.05) is 4.90 Å². The van der Waals surface area contributed by atoms with Crippen molar-refractivity contribution in [3.63, 3.8) is 0 Å². The SMILES string of the molecule is NN/C1=C(\N)c2ccccc2CN(C=O)c2ccccc21. The molecule has 1 amide bonds. The normalized spacial score (nSPS) is 17.3. The summed E-state index contributed by atoms with van der Waals surface area (Å²) in [5, 5.41) is 0. The quantitative estimate of drug-likeness (QED) is 0.441. The van der Waals surface area contributed by atoms with Gasteiger partial charge in [0.05, 0.1) is 23.6 Å². The number of hydrogen-bond donors (Lipinski definition) is 3. The number of carbonyl (C=O) groups is 1. The van der Waals surface area contributed by atoms with Crippen molar-refractivity contribution < 1.29 is 4.79 Å². The summed E-state index contributed by atoms with van der Waals surface area (Å²) in [4.78, 5) is 13.2. The largest absolute Gasteiger partial charge is 0.396 e. The molecule has 1 heterocycles. The molecule has 0 bridgehead atoms. The maximum absolute atomic E-state index is 11.5. The van der Waals surface area contributed by atoms with Gasteiger partial charge in [-0.25, -0.2) is 0 Å². The van der Waals surface area contributed by atoms with Gasteiger partial charge in [-0.3, -0.25) is 10.6 Å². The zero-order valence-corrected chi connectivity index (χ0v) is 11.4. The molecule has 0 radical (unpaired) electrons. The van der Waals surface area contributed by atoms with Gasteiger partial charge in [-0.15, -0.1) is 0 Å². The molecule has 0 saturated carbocycles. The Morgan fingerprint density at radius 1 is 1.05 bits per heavy atom. The summed E-state index contributed by atoms with van der Waals surface area (Å²) >= 11 is 0. The standard InChI is InChI=1S/C16H16N4O/c17-15-12-6-2-1-5-11(12)9-20(10-21)14-8-4-3-7-13(14)16(15)19-18/h1-8,10,19H,9,17-18H2/b16-15-. The summed E-state index contributed by atoms with van der Waals surface area (Å²) in [6, 6.07) is 15.3. The molecule has 1 aliphatic heterocycles. The lowest BCUT2D eigenvalue weighted by Crippen LogP contribution is -2.29. The monoisotopic (exact) mass is 280 g/mol. The second-order valence-corrected chi connectivity index (χ2v) is 4.84. The molecule has 5 N–H and O–H groups in total. The highest BCUT2D eigenvalue weighted by molar-refractivity contribution is 5.96. The first kappa shape index (κ1) is 13.2. The Bertz CT molecular complexity index is 724. The lowest BCUT2D eigenvalue weighted by molar-refractivity contribution is -0.107. The summed E-state index contributed by atoms with van der Waals surface area (Å²) in [7, 11) is 0. The summed E-state index contributed by atoms with van der Waals surface area (Å²) in [6.07, 6.45) is 0.825. The number of nitrogens with one attached hydrogen (secondary N) is 1. The predicted molar refractivity (Wildman–Crippen MR) is 83.5 cm³/mol. The van der Waals surface area contributed by atoms with Crippen LogP contribution in [0.1, 0.15) is 16.7 Å². The Labute approximate surface area is 122 Å². The van der Waals surface area contributed by atoms with Crippen LogP contribution in [0.4, 0.5) is 5.69 Å². The summed E-state index contributed by atoms with van der Waals surface area (Å²) in [5.41, 5.74) is 13.6. The van der Waals surface area contributed by atoms with Gasteiger partial charge in [0.25, 0.3) is 0 Å². The fourth-order valence-corrected chi connectivity index (χ4v) is 2.65. The van der Waals surface area contributed by atoms with E-state index in [0.29, 0.717) is 17.9 Å². The number of nitrogens with two attached hydrogens (primary N) is 2. The van der Waals surface area contributed by atoms with Crippen LogP contribution in [0.25, 0.3) is 11.4 Å². The van der Waals surface area contributed by atoms with Crippen molar-refractivity contribution in [2.24, 2.45) is 11.6 Å². The zero-order chi connectivity index (χ0) is 14.8. The Kier molecular flexibility index (Phi) is 3.33. The van der Waals surface area contributed by atoms with Crippen LogP contribution in [0.15, 0.2) is 48.5 Å². The van der Waals surface area contributed by atoms with E-state index >= 15 is 0 Å². The van der Waals surface area contributed by atoms with Crippen LogP contribution in [-0.2, 0) is 11.3 Å². The number of hydrazine groups is 1. The third kappa shape index (κ3) is 2.13. The average Bonchev–Trinajstić information content (AvgIpc) is 2.53. The fourth-order valence-electron chi connectivity index (χ4n) is 2.65. The number of benzene rings is 2. The minimum Gasteiger partial charge on any atom is -0.396 e. The summed E-state index contributed by atoms with van der Waals surface area (Å²) in [6.45, 7) is 0.467. The van der Waals surface area contributed by atoms with E-state index in [9.17, 15) is 4.79 Å². The first-order valence-corrected chi connectivity index (χ1v) is 6.62. The predicted octanol–water partition coefficient (Wildman–Crippen LogP) is 1.41. The van der Waals surface area contributed by atoms with Crippen LogP contribution < -0.4 is 21.9 Å². The third-order valence-corrected chi connectivity index (χ3v) is 3.67. The van der Waals surface area contributed by atoms with E-state index < -0.39 is 0 Å². The third-order valence-electron chi connectivity index (χ3n) is 3.67. The topological polar surface area (TPSA) is 84.4 Å². The molecular weight excluding hydrogens is 264 g/mol. The highest BCUT2D eigenvalue weighted by atomic mass is 16.1. The first-order valence-electron chi connectivity index (χ1n) is 6.62. The van der Waals surface area contributed by atoms with Gasteiger partial charge in [0.15, 0.2) is 0 Å². The van der Waals surface area contributed by atoms with Gasteiger partial charge >= 0.3 is 0 Å². The number of rotatable bonds is 2.